The van der Waals surface area contributed by atoms with E-state index in [0.717, 1.165) is 0 Å². The molecule has 1 aromatic carbocycles. The fourth-order valence-electron chi connectivity index (χ4n) is 2.09. The molecule has 3 N–H and O–H groups in total. The molecule has 0 aliphatic heterocycles. The van der Waals surface area contributed by atoms with Crippen molar-refractivity contribution in [2.75, 3.05) is 7.05 Å². The molecule has 9 heteroatoms. The van der Waals surface area contributed by atoms with E-state index in [0.29, 0.717) is 5.56 Å². The summed E-state index contributed by atoms with van der Waals surface area (Å²) in [4.78, 5) is 48.0. The minimum Gasteiger partial charge on any atom is -0.459 e. The smallest absolute Gasteiger partial charge is 0.329 e. The van der Waals surface area contributed by atoms with Crippen LogP contribution in [0.1, 0.15) is 29.1 Å². The third-order valence-electron chi connectivity index (χ3n) is 3.48. The number of amides is 4. The quantitative estimate of drug-likeness (QED) is 0.652. The van der Waals surface area contributed by atoms with Gasteiger partial charge in [-0.15, -0.1) is 0 Å². The second-order valence-electron chi connectivity index (χ2n) is 5.47. The molecule has 0 saturated carbocycles. The average Bonchev–Trinajstić information content (AvgIpc) is 3.21. The maximum absolute atomic E-state index is 12.3. The molecule has 142 valence electrons. The summed E-state index contributed by atoms with van der Waals surface area (Å²) in [6.45, 7) is 1.40. The molecule has 2 aromatic rings. The monoisotopic (exact) mass is 373 g/mol. The molecule has 9 nitrogen and oxygen atoms in total. The van der Waals surface area contributed by atoms with Gasteiger partial charge >= 0.3 is 12.0 Å². The molecular weight excluding hydrogens is 354 g/mol. The second kappa shape index (κ2) is 9.18. The number of rotatable bonds is 6. The van der Waals surface area contributed by atoms with Gasteiger partial charge in [0.2, 0.25) is 6.10 Å². The summed E-state index contributed by atoms with van der Waals surface area (Å²) >= 11 is 0. The molecule has 4 amide bonds. The van der Waals surface area contributed by atoms with Gasteiger partial charge in [-0.3, -0.25) is 14.9 Å². The van der Waals surface area contributed by atoms with E-state index in [1.54, 1.807) is 30.3 Å². The Labute approximate surface area is 155 Å². The second-order valence-corrected chi connectivity index (χ2v) is 5.47. The lowest BCUT2D eigenvalue weighted by atomic mass is 10.1. The maximum atomic E-state index is 12.3. The van der Waals surface area contributed by atoms with Gasteiger partial charge in [-0.1, -0.05) is 30.3 Å². The first-order valence-electron chi connectivity index (χ1n) is 8.04. The van der Waals surface area contributed by atoms with Crippen molar-refractivity contribution in [1.29, 1.82) is 0 Å². The molecular formula is C18H19N3O6. The molecule has 1 heterocycles. The molecule has 0 bridgehead atoms. The van der Waals surface area contributed by atoms with Gasteiger partial charge in [0.05, 0.1) is 6.26 Å². The Bertz CT molecular complexity index is 804. The Morgan fingerprint density at radius 1 is 1.04 bits per heavy atom. The van der Waals surface area contributed by atoms with Crippen LogP contribution in [0.3, 0.4) is 0 Å². The van der Waals surface area contributed by atoms with Gasteiger partial charge in [0.1, 0.15) is 6.04 Å². The van der Waals surface area contributed by atoms with Crippen LogP contribution >= 0.6 is 0 Å². The van der Waals surface area contributed by atoms with E-state index in [2.05, 4.69) is 16.0 Å². The number of benzene rings is 1. The predicted octanol–water partition coefficient (Wildman–Crippen LogP) is 1.14. The zero-order chi connectivity index (χ0) is 19.8. The lowest BCUT2D eigenvalue weighted by molar-refractivity contribution is -0.157. The SMILES string of the molecule is CNC(=O)NC(=O)[C@H](OC(=O)[C@H](C)NC(=O)c1ccco1)c1ccccc1. The first-order chi connectivity index (χ1) is 12.9. The van der Waals surface area contributed by atoms with Crippen molar-refractivity contribution in [3.05, 3.63) is 60.1 Å². The molecule has 27 heavy (non-hydrogen) atoms. The number of hydrogen-bond donors (Lipinski definition) is 3. The lowest BCUT2D eigenvalue weighted by Gasteiger charge is -2.20. The van der Waals surface area contributed by atoms with E-state index >= 15 is 0 Å². The molecule has 1 aromatic heterocycles. The standard InChI is InChI=1S/C18H19N3O6/c1-11(20-15(22)13-9-6-10-26-13)17(24)27-14(12-7-4-3-5-8-12)16(23)21-18(25)19-2/h3-11,14H,1-2H3,(H,20,22)(H2,19,21,23,25)/t11-,14+/m0/s1. The third kappa shape index (κ3) is 5.43. The summed E-state index contributed by atoms with van der Waals surface area (Å²) in [5, 5.41) is 6.72. The van der Waals surface area contributed by atoms with Gasteiger partial charge < -0.3 is 19.8 Å². The highest BCUT2D eigenvalue weighted by Gasteiger charge is 2.29. The first-order valence-corrected chi connectivity index (χ1v) is 8.04. The number of esters is 1. The van der Waals surface area contributed by atoms with Crippen LogP contribution in [0, 0.1) is 0 Å². The van der Waals surface area contributed by atoms with Crippen LogP contribution in [0.4, 0.5) is 4.79 Å². The van der Waals surface area contributed by atoms with Crippen LogP contribution in [0.5, 0.6) is 0 Å². The highest BCUT2D eigenvalue weighted by molar-refractivity contribution is 5.98. The van der Waals surface area contributed by atoms with E-state index in [1.807, 2.05) is 0 Å². The number of ether oxygens (including phenoxy) is 1. The predicted molar refractivity (Wildman–Crippen MR) is 93.5 cm³/mol. The van der Waals surface area contributed by atoms with E-state index in [-0.39, 0.29) is 5.76 Å². The van der Waals surface area contributed by atoms with E-state index in [4.69, 9.17) is 9.15 Å². The minimum absolute atomic E-state index is 0.0339. The molecule has 0 radical (unpaired) electrons. The molecule has 0 spiro atoms. The molecule has 0 aliphatic carbocycles. The number of nitrogens with one attached hydrogen (secondary N) is 3. The fraction of sp³-hybridized carbons (Fsp3) is 0.222. The Hall–Kier alpha value is -3.62. The number of furan rings is 1. The summed E-state index contributed by atoms with van der Waals surface area (Å²) in [6.07, 6.45) is -0.0362. The molecule has 0 fully saturated rings. The maximum Gasteiger partial charge on any atom is 0.329 e. The van der Waals surface area contributed by atoms with E-state index < -0.39 is 36.0 Å². The highest BCUT2D eigenvalue weighted by Crippen LogP contribution is 2.18. The molecule has 0 aliphatic rings. The zero-order valence-corrected chi connectivity index (χ0v) is 14.7. The van der Waals surface area contributed by atoms with E-state index in [9.17, 15) is 19.2 Å². The van der Waals surface area contributed by atoms with Gasteiger partial charge in [-0.2, -0.15) is 0 Å². The summed E-state index contributed by atoms with van der Waals surface area (Å²) in [7, 11) is 1.35. The number of carbonyl (C=O) groups excluding carboxylic acids is 4. The van der Waals surface area contributed by atoms with Crippen LogP contribution in [0.15, 0.2) is 53.1 Å². The van der Waals surface area contributed by atoms with Crippen LogP contribution in [0.2, 0.25) is 0 Å². The fourth-order valence-corrected chi connectivity index (χ4v) is 2.09. The largest absolute Gasteiger partial charge is 0.459 e. The normalized spacial score (nSPS) is 12.4. The van der Waals surface area contributed by atoms with Crippen LogP contribution in [0.25, 0.3) is 0 Å². The van der Waals surface area contributed by atoms with Crippen molar-refractivity contribution < 1.29 is 28.3 Å². The Kier molecular flexibility index (Phi) is 6.70. The zero-order valence-electron chi connectivity index (χ0n) is 14.7. The van der Waals surface area contributed by atoms with Crippen molar-refractivity contribution >= 4 is 23.8 Å². The molecule has 0 saturated heterocycles. The van der Waals surface area contributed by atoms with Gasteiger partial charge in [0.15, 0.2) is 5.76 Å². The Morgan fingerprint density at radius 3 is 2.33 bits per heavy atom. The molecule has 2 atom stereocenters. The van der Waals surface area contributed by atoms with E-state index in [1.165, 1.54) is 32.4 Å². The number of urea groups is 1. The van der Waals surface area contributed by atoms with Crippen LogP contribution < -0.4 is 16.0 Å². The minimum atomic E-state index is -1.36. The molecule has 2 rings (SSSR count). The van der Waals surface area contributed by atoms with Crippen molar-refractivity contribution in [1.82, 2.24) is 16.0 Å². The summed E-state index contributed by atoms with van der Waals surface area (Å²) < 4.78 is 10.2. The van der Waals surface area contributed by atoms with Crippen molar-refractivity contribution in [3.8, 4) is 0 Å². The number of hydrogen-bond acceptors (Lipinski definition) is 6. The summed E-state index contributed by atoms with van der Waals surface area (Å²) in [5.74, 6) is -2.24. The Balaban J connectivity index is 2.09. The Morgan fingerprint density at radius 2 is 1.74 bits per heavy atom. The van der Waals surface area contributed by atoms with Gasteiger partial charge in [-0.25, -0.2) is 9.59 Å². The van der Waals surface area contributed by atoms with Gasteiger partial charge in [-0.05, 0) is 19.1 Å². The summed E-state index contributed by atoms with van der Waals surface area (Å²) in [6, 6.07) is 9.38. The van der Waals surface area contributed by atoms with Gasteiger partial charge in [0.25, 0.3) is 11.8 Å². The first kappa shape index (κ1) is 19.7. The van der Waals surface area contributed by atoms with Crippen LogP contribution in [-0.4, -0.2) is 36.9 Å². The third-order valence-corrected chi connectivity index (χ3v) is 3.48. The van der Waals surface area contributed by atoms with Crippen molar-refractivity contribution in [2.24, 2.45) is 0 Å². The van der Waals surface area contributed by atoms with Gasteiger partial charge in [0, 0.05) is 12.6 Å². The van der Waals surface area contributed by atoms with Crippen LogP contribution in [-0.2, 0) is 14.3 Å². The lowest BCUT2D eigenvalue weighted by Crippen LogP contribution is -2.44. The number of carbonyl (C=O) groups is 4. The van der Waals surface area contributed by atoms with Crippen molar-refractivity contribution in [2.45, 2.75) is 19.1 Å². The highest BCUT2D eigenvalue weighted by atomic mass is 16.5. The summed E-state index contributed by atoms with van der Waals surface area (Å²) in [5.41, 5.74) is 0.372. The molecule has 0 unspecified atom stereocenters. The number of imide groups is 1. The topological polar surface area (TPSA) is 127 Å². The van der Waals surface area contributed by atoms with Crippen molar-refractivity contribution in [3.63, 3.8) is 0 Å². The average molecular weight is 373 g/mol.